The van der Waals surface area contributed by atoms with Crippen LogP contribution in [0.15, 0.2) is 12.1 Å². The summed E-state index contributed by atoms with van der Waals surface area (Å²) in [6.45, 7) is 4.24. The number of aliphatic hydroxyl groups is 1. The summed E-state index contributed by atoms with van der Waals surface area (Å²) in [7, 11) is 0. The summed E-state index contributed by atoms with van der Waals surface area (Å²) in [5.74, 6) is 0. The van der Waals surface area contributed by atoms with Crippen LogP contribution in [0.5, 0.6) is 0 Å². The van der Waals surface area contributed by atoms with E-state index in [2.05, 4.69) is 26.0 Å². The Bertz CT molecular complexity index is 334. The van der Waals surface area contributed by atoms with E-state index >= 15 is 0 Å². The fourth-order valence-electron chi connectivity index (χ4n) is 2.18. The third-order valence-corrected chi connectivity index (χ3v) is 4.42. The van der Waals surface area contributed by atoms with Gasteiger partial charge in [0.2, 0.25) is 0 Å². The first-order valence-corrected chi connectivity index (χ1v) is 6.91. The lowest BCUT2D eigenvalue weighted by atomic mass is 10.1. The SMILES string of the molecule is CCc1ccc(CC(O)C2CCC(C)O2)s1. The summed E-state index contributed by atoms with van der Waals surface area (Å²) in [5, 5.41) is 10.1. The Morgan fingerprint density at radius 2 is 2.19 bits per heavy atom. The molecular formula is C13H20O2S. The minimum absolute atomic E-state index is 0.0437. The normalized spacial score (nSPS) is 27.2. The highest BCUT2D eigenvalue weighted by Crippen LogP contribution is 2.25. The van der Waals surface area contributed by atoms with Crippen molar-refractivity contribution in [3.63, 3.8) is 0 Å². The van der Waals surface area contributed by atoms with Gasteiger partial charge in [0.1, 0.15) is 0 Å². The Morgan fingerprint density at radius 1 is 1.44 bits per heavy atom. The van der Waals surface area contributed by atoms with Crippen LogP contribution in [0.25, 0.3) is 0 Å². The Balaban J connectivity index is 1.89. The summed E-state index contributed by atoms with van der Waals surface area (Å²) in [6, 6.07) is 4.29. The number of thiophene rings is 1. The Morgan fingerprint density at radius 3 is 2.75 bits per heavy atom. The van der Waals surface area contributed by atoms with E-state index in [1.165, 1.54) is 9.75 Å². The largest absolute Gasteiger partial charge is 0.390 e. The van der Waals surface area contributed by atoms with Crippen LogP contribution >= 0.6 is 11.3 Å². The summed E-state index contributed by atoms with van der Waals surface area (Å²) < 4.78 is 5.68. The molecule has 0 aromatic carbocycles. The smallest absolute Gasteiger partial charge is 0.0850 e. The first kappa shape index (κ1) is 12.1. The molecule has 1 saturated heterocycles. The molecule has 2 nitrogen and oxygen atoms in total. The molecule has 1 aromatic rings. The zero-order chi connectivity index (χ0) is 11.5. The van der Waals surface area contributed by atoms with Crippen LogP contribution in [0.3, 0.4) is 0 Å². The molecule has 1 fully saturated rings. The molecule has 1 aromatic heterocycles. The first-order valence-electron chi connectivity index (χ1n) is 6.10. The van der Waals surface area contributed by atoms with E-state index in [1.807, 2.05) is 0 Å². The van der Waals surface area contributed by atoms with Gasteiger partial charge in [-0.2, -0.15) is 0 Å². The van der Waals surface area contributed by atoms with Gasteiger partial charge in [-0.1, -0.05) is 6.92 Å². The van der Waals surface area contributed by atoms with Crippen LogP contribution in [-0.2, 0) is 17.6 Å². The van der Waals surface area contributed by atoms with Crippen LogP contribution in [-0.4, -0.2) is 23.4 Å². The van der Waals surface area contributed by atoms with E-state index in [-0.39, 0.29) is 12.2 Å². The zero-order valence-corrected chi connectivity index (χ0v) is 10.8. The quantitative estimate of drug-likeness (QED) is 0.877. The van der Waals surface area contributed by atoms with Gasteiger partial charge in [0.05, 0.1) is 18.3 Å². The average molecular weight is 240 g/mol. The summed E-state index contributed by atoms with van der Waals surface area (Å²) in [6.07, 6.45) is 3.91. The maximum Gasteiger partial charge on any atom is 0.0850 e. The number of rotatable bonds is 4. The van der Waals surface area contributed by atoms with E-state index in [0.29, 0.717) is 6.10 Å². The van der Waals surface area contributed by atoms with Crippen molar-refractivity contribution in [2.24, 2.45) is 0 Å². The van der Waals surface area contributed by atoms with Crippen LogP contribution in [0.2, 0.25) is 0 Å². The van der Waals surface area contributed by atoms with Crippen molar-refractivity contribution in [1.29, 1.82) is 0 Å². The Hall–Kier alpha value is -0.380. The van der Waals surface area contributed by atoms with E-state index in [0.717, 1.165) is 25.7 Å². The van der Waals surface area contributed by atoms with Gasteiger partial charge < -0.3 is 9.84 Å². The lowest BCUT2D eigenvalue weighted by Crippen LogP contribution is -2.27. The molecule has 0 bridgehead atoms. The summed E-state index contributed by atoms with van der Waals surface area (Å²) in [5.41, 5.74) is 0. The van der Waals surface area contributed by atoms with Crippen molar-refractivity contribution >= 4 is 11.3 Å². The second-order valence-corrected chi connectivity index (χ2v) is 5.81. The molecule has 0 radical (unpaired) electrons. The second kappa shape index (κ2) is 5.30. The fraction of sp³-hybridized carbons (Fsp3) is 0.692. The van der Waals surface area contributed by atoms with Crippen molar-refractivity contribution in [2.75, 3.05) is 0 Å². The molecule has 3 unspecified atom stereocenters. The lowest BCUT2D eigenvalue weighted by molar-refractivity contribution is -0.0275. The van der Waals surface area contributed by atoms with Crippen molar-refractivity contribution in [3.05, 3.63) is 21.9 Å². The topological polar surface area (TPSA) is 29.5 Å². The van der Waals surface area contributed by atoms with Gasteiger partial charge in [-0.15, -0.1) is 11.3 Å². The van der Waals surface area contributed by atoms with Gasteiger partial charge in [0, 0.05) is 16.2 Å². The number of hydrogen-bond donors (Lipinski definition) is 1. The number of aliphatic hydroxyl groups excluding tert-OH is 1. The maximum absolute atomic E-state index is 10.1. The van der Waals surface area contributed by atoms with Crippen molar-refractivity contribution in [1.82, 2.24) is 0 Å². The zero-order valence-electron chi connectivity index (χ0n) is 9.98. The molecule has 1 N–H and O–H groups in total. The molecule has 2 rings (SSSR count). The first-order chi connectivity index (χ1) is 7.69. The molecule has 90 valence electrons. The molecule has 2 heterocycles. The molecular weight excluding hydrogens is 220 g/mol. The number of ether oxygens (including phenoxy) is 1. The maximum atomic E-state index is 10.1. The van der Waals surface area contributed by atoms with Crippen molar-refractivity contribution in [3.8, 4) is 0 Å². The van der Waals surface area contributed by atoms with E-state index in [9.17, 15) is 5.11 Å². The molecule has 3 atom stereocenters. The van der Waals surface area contributed by atoms with Crippen LogP contribution < -0.4 is 0 Å². The molecule has 1 aliphatic heterocycles. The molecule has 0 amide bonds. The standard InChI is InChI=1S/C13H20O2S/c1-3-10-5-6-11(16-10)8-12(14)13-7-4-9(2)15-13/h5-6,9,12-14H,3-4,7-8H2,1-2H3. The average Bonchev–Trinajstić information content (AvgIpc) is 2.87. The van der Waals surface area contributed by atoms with Gasteiger partial charge in [0.15, 0.2) is 0 Å². The second-order valence-electron chi connectivity index (χ2n) is 4.56. The highest BCUT2D eigenvalue weighted by atomic mass is 32.1. The third kappa shape index (κ3) is 2.84. The number of hydrogen-bond acceptors (Lipinski definition) is 3. The fourth-order valence-corrected chi connectivity index (χ4v) is 3.18. The third-order valence-electron chi connectivity index (χ3n) is 3.17. The molecule has 16 heavy (non-hydrogen) atoms. The van der Waals surface area contributed by atoms with Crippen LogP contribution in [0.4, 0.5) is 0 Å². The molecule has 0 saturated carbocycles. The van der Waals surface area contributed by atoms with Crippen molar-refractivity contribution in [2.45, 2.75) is 57.8 Å². The van der Waals surface area contributed by atoms with Gasteiger partial charge in [-0.3, -0.25) is 0 Å². The highest BCUT2D eigenvalue weighted by Gasteiger charge is 2.28. The summed E-state index contributed by atoms with van der Waals surface area (Å²) in [4.78, 5) is 2.66. The van der Waals surface area contributed by atoms with Gasteiger partial charge in [0.25, 0.3) is 0 Å². The predicted octanol–water partition coefficient (Wildman–Crippen LogP) is 2.78. The minimum Gasteiger partial charge on any atom is -0.390 e. The monoisotopic (exact) mass is 240 g/mol. The van der Waals surface area contributed by atoms with E-state index in [4.69, 9.17) is 4.74 Å². The van der Waals surface area contributed by atoms with E-state index < -0.39 is 0 Å². The van der Waals surface area contributed by atoms with Gasteiger partial charge in [-0.05, 0) is 38.3 Å². The Kier molecular flexibility index (Phi) is 4.00. The van der Waals surface area contributed by atoms with Crippen LogP contribution in [0, 0.1) is 0 Å². The minimum atomic E-state index is -0.340. The van der Waals surface area contributed by atoms with Crippen molar-refractivity contribution < 1.29 is 9.84 Å². The molecule has 3 heteroatoms. The highest BCUT2D eigenvalue weighted by molar-refractivity contribution is 7.11. The Labute approximate surface area is 101 Å². The molecule has 1 aliphatic rings. The summed E-state index contributed by atoms with van der Waals surface area (Å²) >= 11 is 1.81. The van der Waals surface area contributed by atoms with E-state index in [1.54, 1.807) is 11.3 Å². The van der Waals surface area contributed by atoms with Gasteiger partial charge >= 0.3 is 0 Å². The number of aryl methyl sites for hydroxylation is 1. The molecule has 0 aliphatic carbocycles. The van der Waals surface area contributed by atoms with Gasteiger partial charge in [-0.25, -0.2) is 0 Å². The predicted molar refractivity (Wildman–Crippen MR) is 67.0 cm³/mol. The lowest BCUT2D eigenvalue weighted by Gasteiger charge is -2.17. The molecule has 0 spiro atoms. The van der Waals surface area contributed by atoms with Crippen LogP contribution in [0.1, 0.15) is 36.4 Å².